The fourth-order valence-corrected chi connectivity index (χ4v) is 7.73. The molecular weight excluding hydrogens is 738 g/mol. The molecule has 1 aliphatic rings. The second kappa shape index (κ2) is 19.6. The zero-order chi connectivity index (χ0) is 39.2. The fourth-order valence-electron chi connectivity index (χ4n) is 5.48. The van der Waals surface area contributed by atoms with Crippen LogP contribution < -0.4 is 22.1 Å². The van der Waals surface area contributed by atoms with E-state index in [0.29, 0.717) is 37.1 Å². The Labute approximate surface area is 305 Å². The van der Waals surface area contributed by atoms with Gasteiger partial charge in [0.2, 0.25) is 5.91 Å². The Kier molecular flexibility index (Phi) is 16.0. The van der Waals surface area contributed by atoms with Crippen LogP contribution in [0.1, 0.15) is 56.1 Å². The first-order chi connectivity index (χ1) is 24.9. The van der Waals surface area contributed by atoms with Crippen molar-refractivity contribution in [3.8, 4) is 0 Å². The van der Waals surface area contributed by atoms with Crippen LogP contribution in [-0.2, 0) is 41.4 Å². The van der Waals surface area contributed by atoms with E-state index in [-0.39, 0.29) is 50.9 Å². The molecule has 53 heavy (non-hydrogen) atoms. The topological polar surface area (TPSA) is 314 Å². The molecule has 0 aliphatic carbocycles. The fraction of sp³-hybridized carbons (Fsp3) is 0.469. The second-order valence-corrected chi connectivity index (χ2v) is 16.4. The van der Waals surface area contributed by atoms with Gasteiger partial charge in [0.25, 0.3) is 5.08 Å². The van der Waals surface area contributed by atoms with Gasteiger partial charge in [0.15, 0.2) is 11.7 Å². The number of hydrogen-bond donors (Lipinski definition) is 9. The van der Waals surface area contributed by atoms with Crippen LogP contribution >= 0.6 is 15.2 Å². The monoisotopic (exact) mass is 784 g/mol. The molecule has 1 saturated heterocycles. The number of ketones is 1. The molecule has 1 heterocycles. The van der Waals surface area contributed by atoms with Crippen LogP contribution in [0.15, 0.2) is 59.6 Å². The van der Waals surface area contributed by atoms with E-state index in [4.69, 9.17) is 20.9 Å². The summed E-state index contributed by atoms with van der Waals surface area (Å²) in [5.74, 6) is -1.59. The van der Waals surface area contributed by atoms with Crippen molar-refractivity contribution in [3.05, 3.63) is 65.7 Å². The molecule has 11 N–H and O–H groups in total. The number of carbonyl (C=O) groups excluding carboxylic acids is 4. The van der Waals surface area contributed by atoms with Crippen LogP contribution in [0.4, 0.5) is 15.3 Å². The van der Waals surface area contributed by atoms with E-state index >= 15 is 0 Å². The van der Waals surface area contributed by atoms with Gasteiger partial charge >= 0.3 is 27.4 Å². The number of alkyl carbamates (subject to hydrolysis) is 1. The number of nitrogens with zero attached hydrogens (tertiary/aromatic N) is 2. The molecule has 0 spiro atoms. The lowest BCUT2D eigenvalue weighted by atomic mass is 9.92. The van der Waals surface area contributed by atoms with Crippen molar-refractivity contribution in [2.24, 2.45) is 22.4 Å². The van der Waals surface area contributed by atoms with Crippen LogP contribution in [0.3, 0.4) is 0 Å². The number of Topliss-reactive ketones (excluding diaryl/α,β-unsaturated/α-hetero) is 1. The summed E-state index contributed by atoms with van der Waals surface area (Å²) in [6.07, 6.45) is -1.34. The van der Waals surface area contributed by atoms with E-state index in [1.807, 2.05) is 30.3 Å². The number of guanidine groups is 1. The molecule has 292 valence electrons. The first-order valence-electron chi connectivity index (χ1n) is 16.6. The molecule has 0 saturated carbocycles. The predicted octanol–water partition coefficient (Wildman–Crippen LogP) is 2.06. The third kappa shape index (κ3) is 13.2. The molecule has 0 unspecified atom stereocenters. The largest absolute Gasteiger partial charge is 0.445 e. The molecule has 2 aromatic rings. The van der Waals surface area contributed by atoms with E-state index in [0.717, 1.165) is 5.56 Å². The SMILES string of the molecule is NC(N)=NCCC[C@H](CC(=O)[C@@H]1CCCN1C(=O)OCc1ccccc1)C(=O)Nc1ccc(COC(=O)NCCCC(O)(P(=O)(O)O)P(=O)(O)O)cc1. The molecule has 2 atom stereocenters. The summed E-state index contributed by atoms with van der Waals surface area (Å²) in [7, 11) is -11.2. The average molecular weight is 785 g/mol. The number of aliphatic hydroxyl groups is 1. The van der Waals surface area contributed by atoms with Crippen molar-refractivity contribution in [2.75, 3.05) is 25.0 Å². The van der Waals surface area contributed by atoms with Crippen LogP contribution in [0, 0.1) is 5.92 Å². The third-order valence-corrected chi connectivity index (χ3v) is 12.2. The smallest absolute Gasteiger partial charge is 0.410 e. The standard InChI is InChI=1S/C32H46N6O13P2/c33-29(34)35-16-4-9-24(19-27(39)26-10-5-18-38(26)31(42)51-21-22-7-2-1-3-8-22)28(40)37-25-13-11-23(12-14-25)20-50-30(41)36-17-6-15-32(43,52(44,45)46)53(47,48)49/h1-3,7-8,11-14,24,26,43H,4-6,9-10,15-21H2,(H,36,41)(H,37,40)(H4,33,34,35)(H2,44,45,46)(H2,47,48,49)/t24-,26+/m1/s1. The molecule has 0 aromatic heterocycles. The van der Waals surface area contributed by atoms with Crippen molar-refractivity contribution in [1.82, 2.24) is 10.2 Å². The van der Waals surface area contributed by atoms with Gasteiger partial charge in [-0.25, -0.2) is 9.59 Å². The van der Waals surface area contributed by atoms with E-state index in [1.54, 1.807) is 24.3 Å². The Morgan fingerprint density at radius 2 is 1.55 bits per heavy atom. The predicted molar refractivity (Wildman–Crippen MR) is 191 cm³/mol. The van der Waals surface area contributed by atoms with Gasteiger partial charge in [0, 0.05) is 44.1 Å². The molecule has 21 heteroatoms. The van der Waals surface area contributed by atoms with E-state index < -0.39 is 63.2 Å². The van der Waals surface area contributed by atoms with Gasteiger partial charge in [-0.3, -0.25) is 28.6 Å². The van der Waals surface area contributed by atoms with Gasteiger partial charge in [-0.05, 0) is 55.4 Å². The molecule has 1 fully saturated rings. The molecule has 19 nitrogen and oxygen atoms in total. The van der Waals surface area contributed by atoms with E-state index in [2.05, 4.69) is 15.6 Å². The number of aliphatic imine (C=N–C) groups is 1. The Hall–Kier alpha value is -4.35. The summed E-state index contributed by atoms with van der Waals surface area (Å²) in [4.78, 5) is 94.0. The van der Waals surface area contributed by atoms with E-state index in [1.165, 1.54) is 4.90 Å². The second-order valence-electron chi connectivity index (χ2n) is 12.4. The maximum atomic E-state index is 13.5. The zero-order valence-corrected chi connectivity index (χ0v) is 30.6. The number of carbonyl (C=O) groups is 4. The van der Waals surface area contributed by atoms with Crippen LogP contribution in [0.5, 0.6) is 0 Å². The minimum Gasteiger partial charge on any atom is -0.445 e. The zero-order valence-electron chi connectivity index (χ0n) is 28.8. The summed E-state index contributed by atoms with van der Waals surface area (Å²) < 4.78 is 33.4. The highest BCUT2D eigenvalue weighted by atomic mass is 31.2. The first kappa shape index (κ1) is 43.1. The van der Waals surface area contributed by atoms with Gasteiger partial charge < -0.3 is 56.3 Å². The molecule has 1 aliphatic heterocycles. The number of amides is 3. The number of benzene rings is 2. The average Bonchev–Trinajstić information content (AvgIpc) is 3.60. The van der Waals surface area contributed by atoms with Crippen molar-refractivity contribution in [1.29, 1.82) is 0 Å². The van der Waals surface area contributed by atoms with Gasteiger partial charge in [0.1, 0.15) is 13.2 Å². The van der Waals surface area contributed by atoms with Crippen molar-refractivity contribution < 1.29 is 62.5 Å². The molecule has 2 aromatic carbocycles. The van der Waals surface area contributed by atoms with Crippen LogP contribution in [0.2, 0.25) is 0 Å². The molecule has 3 amide bonds. The van der Waals surface area contributed by atoms with Crippen LogP contribution in [0.25, 0.3) is 0 Å². The number of nitrogens with two attached hydrogens (primary N) is 2. The minimum atomic E-state index is -5.61. The summed E-state index contributed by atoms with van der Waals surface area (Å²) >= 11 is 0. The highest BCUT2D eigenvalue weighted by Crippen LogP contribution is 2.69. The lowest BCUT2D eigenvalue weighted by molar-refractivity contribution is -0.128. The summed E-state index contributed by atoms with van der Waals surface area (Å²) in [5, 5.41) is 11.3. The number of hydrogen-bond acceptors (Lipinski definition) is 10. The van der Waals surface area contributed by atoms with E-state index in [9.17, 15) is 53.0 Å². The lowest BCUT2D eigenvalue weighted by Gasteiger charge is -2.29. The summed E-state index contributed by atoms with van der Waals surface area (Å²) in [6.45, 7) is 0.117. The van der Waals surface area contributed by atoms with Gasteiger partial charge in [-0.15, -0.1) is 0 Å². The highest BCUT2D eigenvalue weighted by molar-refractivity contribution is 7.72. The maximum absolute atomic E-state index is 13.5. The normalized spacial score (nSPS) is 15.3. The quantitative estimate of drug-likeness (QED) is 0.0426. The Morgan fingerprint density at radius 3 is 2.17 bits per heavy atom. The Bertz CT molecular complexity index is 1660. The Balaban J connectivity index is 1.53. The third-order valence-electron chi connectivity index (χ3n) is 8.37. The molecule has 0 radical (unpaired) electrons. The molecule has 0 bridgehead atoms. The summed E-state index contributed by atoms with van der Waals surface area (Å²) in [5.41, 5.74) is 12.5. The number of anilines is 1. The van der Waals surface area contributed by atoms with Gasteiger partial charge in [0.05, 0.1) is 6.04 Å². The van der Waals surface area contributed by atoms with Gasteiger partial charge in [-0.2, -0.15) is 0 Å². The van der Waals surface area contributed by atoms with Gasteiger partial charge in [-0.1, -0.05) is 42.5 Å². The Morgan fingerprint density at radius 1 is 0.925 bits per heavy atom. The first-order valence-corrected chi connectivity index (χ1v) is 19.8. The number of rotatable bonds is 19. The van der Waals surface area contributed by atoms with Crippen molar-refractivity contribution in [2.45, 2.75) is 69.3 Å². The number of ether oxygens (including phenoxy) is 2. The highest BCUT2D eigenvalue weighted by Gasteiger charge is 2.58. The number of nitrogens with one attached hydrogen (secondary N) is 2. The minimum absolute atomic E-state index is 0.0604. The van der Waals surface area contributed by atoms with Crippen molar-refractivity contribution in [3.63, 3.8) is 0 Å². The molecular formula is C32H46N6O13P2. The van der Waals surface area contributed by atoms with Crippen LogP contribution in [-0.4, -0.2) is 90.2 Å². The summed E-state index contributed by atoms with van der Waals surface area (Å²) in [6, 6.07) is 14.7. The number of likely N-dealkylation sites (tertiary alicyclic amines) is 1. The molecule has 3 rings (SSSR count). The maximum Gasteiger partial charge on any atom is 0.410 e. The lowest BCUT2D eigenvalue weighted by Crippen LogP contribution is -2.42. The van der Waals surface area contributed by atoms with Crippen molar-refractivity contribution >= 4 is 50.7 Å².